The summed E-state index contributed by atoms with van der Waals surface area (Å²) >= 11 is 1.21. The summed E-state index contributed by atoms with van der Waals surface area (Å²) in [4.78, 5) is 28.9. The Balaban J connectivity index is 1.51. The second-order valence-corrected chi connectivity index (χ2v) is 7.16. The van der Waals surface area contributed by atoms with Gasteiger partial charge in [-0.15, -0.1) is 11.3 Å². The van der Waals surface area contributed by atoms with Gasteiger partial charge in [0.15, 0.2) is 10.8 Å². The molecule has 0 spiro atoms. The lowest BCUT2D eigenvalue weighted by Crippen LogP contribution is -2.12. The van der Waals surface area contributed by atoms with Gasteiger partial charge in [-0.1, -0.05) is 0 Å². The molecule has 3 heterocycles. The van der Waals surface area contributed by atoms with Gasteiger partial charge in [-0.2, -0.15) is 5.10 Å². The highest BCUT2D eigenvalue weighted by atomic mass is 32.1. The summed E-state index contributed by atoms with van der Waals surface area (Å²) < 4.78 is 10.2. The van der Waals surface area contributed by atoms with E-state index in [9.17, 15) is 9.59 Å². The molecule has 0 saturated heterocycles. The van der Waals surface area contributed by atoms with Crippen molar-refractivity contribution >= 4 is 28.3 Å². The van der Waals surface area contributed by atoms with Crippen molar-refractivity contribution < 1.29 is 19.1 Å². The molecule has 1 aliphatic rings. The molecule has 0 bridgehead atoms. The zero-order valence-electron chi connectivity index (χ0n) is 14.7. The van der Waals surface area contributed by atoms with Crippen molar-refractivity contribution in [3.8, 4) is 17.0 Å². The number of ether oxygens (including phenoxy) is 2. The molecule has 3 aromatic rings. The minimum absolute atomic E-state index is 0.198. The number of anilines is 1. The van der Waals surface area contributed by atoms with Crippen LogP contribution in [0.2, 0.25) is 0 Å². The molecule has 4 rings (SSSR count). The van der Waals surface area contributed by atoms with Crippen molar-refractivity contribution in [1.82, 2.24) is 15.2 Å². The number of aromatic amines is 1. The van der Waals surface area contributed by atoms with E-state index < -0.39 is 5.97 Å². The van der Waals surface area contributed by atoms with Gasteiger partial charge < -0.3 is 9.47 Å². The zero-order valence-corrected chi connectivity index (χ0v) is 15.5. The first-order chi connectivity index (χ1) is 13.0. The number of rotatable bonds is 4. The number of fused-ring (bicyclic) bond motifs is 1. The monoisotopic (exact) mass is 384 g/mol. The van der Waals surface area contributed by atoms with Crippen molar-refractivity contribution in [1.29, 1.82) is 0 Å². The number of aryl methyl sites for hydroxylation is 1. The second kappa shape index (κ2) is 6.84. The number of benzene rings is 1. The maximum absolute atomic E-state index is 12.5. The number of hydrogen-bond donors (Lipinski definition) is 2. The van der Waals surface area contributed by atoms with Gasteiger partial charge in [-0.3, -0.25) is 15.2 Å². The second-order valence-electron chi connectivity index (χ2n) is 5.96. The topological polar surface area (TPSA) is 106 Å². The highest BCUT2D eigenvalue weighted by Crippen LogP contribution is 2.30. The van der Waals surface area contributed by atoms with Gasteiger partial charge >= 0.3 is 5.97 Å². The molecular weight excluding hydrogens is 368 g/mol. The van der Waals surface area contributed by atoms with E-state index in [1.165, 1.54) is 18.4 Å². The maximum Gasteiger partial charge on any atom is 0.357 e. The summed E-state index contributed by atoms with van der Waals surface area (Å²) in [5.74, 6) is -0.0233. The van der Waals surface area contributed by atoms with Gasteiger partial charge in [0.1, 0.15) is 11.4 Å². The minimum Gasteiger partial charge on any atom is -0.493 e. The number of amides is 1. The highest BCUT2D eigenvalue weighted by Gasteiger charge is 2.19. The Morgan fingerprint density at radius 2 is 2.19 bits per heavy atom. The molecular formula is C18H16N4O4S. The van der Waals surface area contributed by atoms with Crippen LogP contribution in [0.5, 0.6) is 5.75 Å². The standard InChI is InChI=1S/C18H16N4O4S/c1-9-15(17(24)25-2)19-18(27-9)20-16(23)13-8-12(21-22-13)10-3-4-14-11(7-10)5-6-26-14/h3-4,7-8H,5-6H2,1-2H3,(H,21,22)(H,19,20,23). The van der Waals surface area contributed by atoms with Crippen molar-refractivity contribution in [2.45, 2.75) is 13.3 Å². The number of nitrogens with one attached hydrogen (secondary N) is 2. The smallest absolute Gasteiger partial charge is 0.357 e. The largest absolute Gasteiger partial charge is 0.493 e. The quantitative estimate of drug-likeness (QED) is 0.670. The summed E-state index contributed by atoms with van der Waals surface area (Å²) in [7, 11) is 1.29. The summed E-state index contributed by atoms with van der Waals surface area (Å²) in [6.45, 7) is 2.43. The minimum atomic E-state index is -0.534. The fourth-order valence-corrected chi connectivity index (χ4v) is 3.63. The Hall–Kier alpha value is -3.20. The van der Waals surface area contributed by atoms with Crippen molar-refractivity contribution in [3.05, 3.63) is 46.1 Å². The van der Waals surface area contributed by atoms with Gasteiger partial charge in [0, 0.05) is 16.9 Å². The highest BCUT2D eigenvalue weighted by molar-refractivity contribution is 7.16. The molecule has 27 heavy (non-hydrogen) atoms. The molecule has 1 amide bonds. The molecule has 8 nitrogen and oxygen atoms in total. The number of hydrogen-bond acceptors (Lipinski definition) is 7. The third kappa shape index (κ3) is 3.28. The van der Waals surface area contributed by atoms with Crippen LogP contribution in [0.3, 0.4) is 0 Å². The van der Waals surface area contributed by atoms with Crippen molar-refractivity contribution in [3.63, 3.8) is 0 Å². The van der Waals surface area contributed by atoms with E-state index in [-0.39, 0.29) is 11.6 Å². The summed E-state index contributed by atoms with van der Waals surface area (Å²) in [5.41, 5.74) is 3.21. The van der Waals surface area contributed by atoms with Crippen LogP contribution < -0.4 is 10.1 Å². The molecule has 0 unspecified atom stereocenters. The molecule has 2 aromatic heterocycles. The first kappa shape index (κ1) is 17.2. The Labute approximate surface area is 158 Å². The number of aromatic nitrogens is 3. The molecule has 0 saturated carbocycles. The number of carbonyl (C=O) groups excluding carboxylic acids is 2. The molecule has 9 heteroatoms. The lowest BCUT2D eigenvalue weighted by molar-refractivity contribution is 0.0594. The number of nitrogens with zero attached hydrogens (tertiary/aromatic N) is 2. The lowest BCUT2D eigenvalue weighted by atomic mass is 10.1. The number of H-pyrrole nitrogens is 1. The van der Waals surface area contributed by atoms with Crippen LogP contribution in [-0.4, -0.2) is 40.8 Å². The van der Waals surface area contributed by atoms with Crippen molar-refractivity contribution in [2.24, 2.45) is 0 Å². The number of thiazole rings is 1. The van der Waals surface area contributed by atoms with Crippen LogP contribution in [0.4, 0.5) is 5.13 Å². The average Bonchev–Trinajstić information content (AvgIpc) is 3.39. The van der Waals surface area contributed by atoms with Crippen LogP contribution in [0.15, 0.2) is 24.3 Å². The Morgan fingerprint density at radius 3 is 3.00 bits per heavy atom. The van der Waals surface area contributed by atoms with E-state index in [4.69, 9.17) is 4.74 Å². The normalized spacial score (nSPS) is 12.4. The van der Waals surface area contributed by atoms with Crippen LogP contribution in [-0.2, 0) is 11.2 Å². The van der Waals surface area contributed by atoms with E-state index in [1.54, 1.807) is 13.0 Å². The van der Waals surface area contributed by atoms with Crippen LogP contribution in [0.1, 0.15) is 31.4 Å². The molecule has 0 radical (unpaired) electrons. The molecule has 0 aliphatic carbocycles. The van der Waals surface area contributed by atoms with Crippen LogP contribution in [0, 0.1) is 6.92 Å². The van der Waals surface area contributed by atoms with E-state index in [0.717, 1.165) is 23.3 Å². The fourth-order valence-electron chi connectivity index (χ4n) is 2.83. The number of methoxy groups -OCH3 is 1. The summed E-state index contributed by atoms with van der Waals surface area (Å²) in [6.07, 6.45) is 0.868. The van der Waals surface area contributed by atoms with Gasteiger partial charge in [-0.25, -0.2) is 9.78 Å². The van der Waals surface area contributed by atoms with E-state index in [2.05, 4.69) is 25.2 Å². The SMILES string of the molecule is COC(=O)c1nc(NC(=O)c2cc(-c3ccc4c(c3)CCO4)n[nH]2)sc1C. The summed E-state index contributed by atoms with van der Waals surface area (Å²) in [6, 6.07) is 7.52. The van der Waals surface area contributed by atoms with Gasteiger partial charge in [0.2, 0.25) is 0 Å². The summed E-state index contributed by atoms with van der Waals surface area (Å²) in [5, 5.41) is 9.96. The zero-order chi connectivity index (χ0) is 19.0. The fraction of sp³-hybridized carbons (Fsp3) is 0.222. The van der Waals surface area contributed by atoms with Gasteiger partial charge in [0.05, 0.1) is 19.4 Å². The Kier molecular flexibility index (Phi) is 4.36. The van der Waals surface area contributed by atoms with Crippen molar-refractivity contribution in [2.75, 3.05) is 19.0 Å². The predicted molar refractivity (Wildman–Crippen MR) is 99.4 cm³/mol. The number of carbonyl (C=O) groups is 2. The van der Waals surface area contributed by atoms with E-state index >= 15 is 0 Å². The Bertz CT molecular complexity index is 1040. The van der Waals surface area contributed by atoms with E-state index in [1.807, 2.05) is 18.2 Å². The molecule has 1 aliphatic heterocycles. The molecule has 0 atom stereocenters. The van der Waals surface area contributed by atoms with Gasteiger partial charge in [0.25, 0.3) is 5.91 Å². The van der Waals surface area contributed by atoms with Crippen LogP contribution >= 0.6 is 11.3 Å². The predicted octanol–water partition coefficient (Wildman–Crippen LogP) is 2.82. The molecule has 0 fully saturated rings. The molecule has 1 aromatic carbocycles. The third-order valence-corrected chi connectivity index (χ3v) is 5.09. The van der Waals surface area contributed by atoms with Gasteiger partial charge in [-0.05, 0) is 36.8 Å². The Morgan fingerprint density at radius 1 is 1.33 bits per heavy atom. The third-order valence-electron chi connectivity index (χ3n) is 4.20. The first-order valence-electron chi connectivity index (χ1n) is 8.24. The van der Waals surface area contributed by atoms with E-state index in [0.29, 0.717) is 28.0 Å². The maximum atomic E-state index is 12.5. The first-order valence-corrected chi connectivity index (χ1v) is 9.05. The lowest BCUT2D eigenvalue weighted by Gasteiger charge is -2.01. The number of esters is 1. The molecule has 138 valence electrons. The molecule has 2 N–H and O–H groups in total. The van der Waals surface area contributed by atoms with Crippen LogP contribution in [0.25, 0.3) is 11.3 Å². The average molecular weight is 384 g/mol.